The highest BCUT2D eigenvalue weighted by Gasteiger charge is 2.23. The number of fused-ring (bicyclic) bond motifs is 1. The lowest BCUT2D eigenvalue weighted by atomic mass is 10.2. The predicted octanol–water partition coefficient (Wildman–Crippen LogP) is 2.16. The van der Waals surface area contributed by atoms with Crippen LogP contribution in [0.15, 0.2) is 6.33 Å². The average Bonchev–Trinajstić information content (AvgIpc) is 2.80. The van der Waals surface area contributed by atoms with Crippen molar-refractivity contribution in [3.63, 3.8) is 0 Å². The molecule has 6 heteroatoms. The first-order valence-corrected chi connectivity index (χ1v) is 6.15. The minimum atomic E-state index is -0.110. The Morgan fingerprint density at radius 2 is 2.33 bits per heavy atom. The number of hydrogen-bond donors (Lipinski definition) is 0. The number of ether oxygens (including phenoxy) is 1. The van der Waals surface area contributed by atoms with E-state index in [1.165, 1.54) is 6.33 Å². The summed E-state index contributed by atoms with van der Waals surface area (Å²) in [5.74, 6) is 3.04. The minimum absolute atomic E-state index is 0.110. The third-order valence-electron chi connectivity index (χ3n) is 3.01. The van der Waals surface area contributed by atoms with Gasteiger partial charge in [0.15, 0.2) is 16.6 Å². The molecule has 0 bridgehead atoms. The Kier molecular flexibility index (Phi) is 2.90. The zero-order chi connectivity index (χ0) is 12.5. The molecule has 2 aromatic heterocycles. The Balaban J connectivity index is 2.20. The number of nitrogens with zero attached hydrogens (tertiary/aromatic N) is 4. The molecule has 0 saturated carbocycles. The lowest BCUT2D eigenvalue weighted by Gasteiger charge is -2.24. The molecule has 0 radical (unpaired) electrons. The molecule has 1 aliphatic heterocycles. The van der Waals surface area contributed by atoms with Crippen LogP contribution >= 0.6 is 11.6 Å². The zero-order valence-electron chi connectivity index (χ0n) is 9.64. The first-order valence-electron chi connectivity index (χ1n) is 5.78. The monoisotopic (exact) mass is 262 g/mol. The number of halogens is 1. The van der Waals surface area contributed by atoms with Gasteiger partial charge in [0.05, 0.1) is 0 Å². The maximum atomic E-state index is 6.00. The largest absolute Gasteiger partial charge is 0.358 e. The highest BCUT2D eigenvalue weighted by atomic mass is 35.5. The van der Waals surface area contributed by atoms with E-state index in [1.807, 2.05) is 4.57 Å². The van der Waals surface area contributed by atoms with E-state index in [0.29, 0.717) is 22.1 Å². The Morgan fingerprint density at radius 1 is 1.44 bits per heavy atom. The van der Waals surface area contributed by atoms with Crippen molar-refractivity contribution in [2.45, 2.75) is 25.5 Å². The molecule has 3 rings (SSSR count). The number of imidazole rings is 1. The maximum Gasteiger partial charge on any atom is 0.189 e. The van der Waals surface area contributed by atoms with E-state index in [2.05, 4.69) is 20.9 Å². The summed E-state index contributed by atoms with van der Waals surface area (Å²) in [6.07, 6.45) is 9.87. The third-order valence-corrected chi connectivity index (χ3v) is 3.28. The molecule has 3 heterocycles. The second kappa shape index (κ2) is 4.56. The Hall–Kier alpha value is -1.64. The van der Waals surface area contributed by atoms with Gasteiger partial charge in [-0.3, -0.25) is 4.57 Å². The van der Waals surface area contributed by atoms with Crippen LogP contribution in [0.2, 0.25) is 5.15 Å². The van der Waals surface area contributed by atoms with Crippen molar-refractivity contribution in [3.05, 3.63) is 17.3 Å². The van der Waals surface area contributed by atoms with Crippen molar-refractivity contribution in [1.82, 2.24) is 19.5 Å². The molecule has 1 aliphatic rings. The zero-order valence-corrected chi connectivity index (χ0v) is 10.4. The van der Waals surface area contributed by atoms with Gasteiger partial charge in [-0.05, 0) is 25.2 Å². The Morgan fingerprint density at radius 3 is 3.06 bits per heavy atom. The second-order valence-corrected chi connectivity index (χ2v) is 4.47. The maximum absolute atomic E-state index is 6.00. The quantitative estimate of drug-likeness (QED) is 0.584. The molecule has 0 aromatic carbocycles. The molecule has 1 fully saturated rings. The summed E-state index contributed by atoms with van der Waals surface area (Å²) in [6.45, 7) is 0.729. The van der Waals surface area contributed by atoms with Gasteiger partial charge in [0.25, 0.3) is 0 Å². The van der Waals surface area contributed by atoms with Crippen molar-refractivity contribution in [3.8, 4) is 12.3 Å². The van der Waals surface area contributed by atoms with Gasteiger partial charge in [-0.25, -0.2) is 15.0 Å². The summed E-state index contributed by atoms with van der Waals surface area (Å²) in [6, 6.07) is 0. The Bertz CT molecular complexity index is 625. The second-order valence-electron chi connectivity index (χ2n) is 4.11. The Labute approximate surface area is 109 Å². The van der Waals surface area contributed by atoms with Crippen LogP contribution < -0.4 is 0 Å². The van der Waals surface area contributed by atoms with E-state index >= 15 is 0 Å². The van der Waals surface area contributed by atoms with E-state index in [-0.39, 0.29) is 6.23 Å². The molecular weight excluding hydrogens is 252 g/mol. The molecule has 0 amide bonds. The first-order chi connectivity index (χ1) is 8.81. The molecule has 92 valence electrons. The molecule has 1 unspecified atom stereocenters. The van der Waals surface area contributed by atoms with Crippen LogP contribution in [0, 0.1) is 12.3 Å². The molecular formula is C12H11ClN4O. The molecule has 1 atom stereocenters. The summed E-state index contributed by atoms with van der Waals surface area (Å²) < 4.78 is 7.57. The molecule has 0 spiro atoms. The van der Waals surface area contributed by atoms with Crippen LogP contribution in [-0.2, 0) is 4.74 Å². The van der Waals surface area contributed by atoms with Gasteiger partial charge in [-0.15, -0.1) is 6.42 Å². The topological polar surface area (TPSA) is 52.8 Å². The summed E-state index contributed by atoms with van der Waals surface area (Å²) in [5.41, 5.74) is 1.16. The van der Waals surface area contributed by atoms with Crippen LogP contribution in [0.5, 0.6) is 0 Å². The van der Waals surface area contributed by atoms with E-state index in [0.717, 1.165) is 25.9 Å². The predicted molar refractivity (Wildman–Crippen MR) is 67.1 cm³/mol. The SMILES string of the molecule is C#Cc1nc2c(Cl)ncnc2n1C1CCCCO1. The first kappa shape index (κ1) is 11.5. The molecule has 18 heavy (non-hydrogen) atoms. The molecule has 0 aliphatic carbocycles. The van der Waals surface area contributed by atoms with Gasteiger partial charge >= 0.3 is 0 Å². The number of aromatic nitrogens is 4. The van der Waals surface area contributed by atoms with Crippen molar-refractivity contribution >= 4 is 22.8 Å². The molecule has 2 aromatic rings. The van der Waals surface area contributed by atoms with E-state index in [4.69, 9.17) is 22.8 Å². The van der Waals surface area contributed by atoms with Gasteiger partial charge < -0.3 is 4.74 Å². The normalized spacial score (nSPS) is 19.9. The lowest BCUT2D eigenvalue weighted by Crippen LogP contribution is -2.19. The molecule has 1 saturated heterocycles. The van der Waals surface area contributed by atoms with E-state index in [1.54, 1.807) is 0 Å². The van der Waals surface area contributed by atoms with Crippen LogP contribution in [0.25, 0.3) is 11.2 Å². The highest BCUT2D eigenvalue weighted by molar-refractivity contribution is 6.33. The summed E-state index contributed by atoms with van der Waals surface area (Å²) in [7, 11) is 0. The van der Waals surface area contributed by atoms with Gasteiger partial charge in [-0.2, -0.15) is 0 Å². The van der Waals surface area contributed by atoms with Crippen molar-refractivity contribution in [2.24, 2.45) is 0 Å². The van der Waals surface area contributed by atoms with E-state index < -0.39 is 0 Å². The molecule has 5 nitrogen and oxygen atoms in total. The fraction of sp³-hybridized carbons (Fsp3) is 0.417. The number of rotatable bonds is 1. The van der Waals surface area contributed by atoms with Gasteiger partial charge in [-0.1, -0.05) is 11.6 Å². The lowest BCUT2D eigenvalue weighted by molar-refractivity contribution is -0.0302. The van der Waals surface area contributed by atoms with Crippen molar-refractivity contribution in [2.75, 3.05) is 6.61 Å². The van der Waals surface area contributed by atoms with Crippen LogP contribution in [-0.4, -0.2) is 26.1 Å². The highest BCUT2D eigenvalue weighted by Crippen LogP contribution is 2.29. The van der Waals surface area contributed by atoms with Gasteiger partial charge in [0.1, 0.15) is 18.1 Å². The van der Waals surface area contributed by atoms with Crippen LogP contribution in [0.3, 0.4) is 0 Å². The summed E-state index contributed by atoms with van der Waals surface area (Å²) in [5, 5.41) is 0.311. The minimum Gasteiger partial charge on any atom is -0.358 e. The van der Waals surface area contributed by atoms with E-state index in [9.17, 15) is 0 Å². The van der Waals surface area contributed by atoms with Gasteiger partial charge in [0, 0.05) is 6.61 Å². The van der Waals surface area contributed by atoms with Crippen LogP contribution in [0.1, 0.15) is 31.3 Å². The smallest absolute Gasteiger partial charge is 0.189 e. The number of terminal acetylenes is 1. The van der Waals surface area contributed by atoms with Crippen LogP contribution in [0.4, 0.5) is 0 Å². The summed E-state index contributed by atoms with van der Waals surface area (Å²) >= 11 is 6.00. The fourth-order valence-corrected chi connectivity index (χ4v) is 2.35. The number of hydrogen-bond acceptors (Lipinski definition) is 4. The average molecular weight is 263 g/mol. The summed E-state index contributed by atoms with van der Waals surface area (Å²) in [4.78, 5) is 12.4. The standard InChI is InChI=1S/C12H11ClN4O/c1-2-8-16-10-11(13)14-7-15-12(10)17(8)9-5-3-4-6-18-9/h1,7,9H,3-6H2. The van der Waals surface area contributed by atoms with Crippen molar-refractivity contribution < 1.29 is 4.74 Å². The molecule has 0 N–H and O–H groups in total. The third kappa shape index (κ3) is 1.74. The fourth-order valence-electron chi connectivity index (χ4n) is 2.18. The van der Waals surface area contributed by atoms with Gasteiger partial charge in [0.2, 0.25) is 0 Å². The van der Waals surface area contributed by atoms with Crippen molar-refractivity contribution in [1.29, 1.82) is 0 Å².